The van der Waals surface area contributed by atoms with Crippen molar-refractivity contribution in [1.29, 1.82) is 0 Å². The number of carbonyl (C=O) groups is 1. The van der Waals surface area contributed by atoms with Gasteiger partial charge in [0.05, 0.1) is 19.8 Å². The molecule has 1 fully saturated rings. The van der Waals surface area contributed by atoms with Gasteiger partial charge in [0.25, 0.3) is 5.91 Å². The van der Waals surface area contributed by atoms with Crippen LogP contribution in [-0.4, -0.2) is 56.2 Å². The minimum atomic E-state index is -0.179. The summed E-state index contributed by atoms with van der Waals surface area (Å²) in [5.41, 5.74) is 2.77. The fourth-order valence-corrected chi connectivity index (χ4v) is 3.10. The van der Waals surface area contributed by atoms with Crippen LogP contribution in [0.1, 0.15) is 35.7 Å². The van der Waals surface area contributed by atoms with Gasteiger partial charge in [-0.25, -0.2) is 0 Å². The average Bonchev–Trinajstić information content (AvgIpc) is 2.75. The minimum absolute atomic E-state index is 0.179. The second kappa shape index (κ2) is 10.7. The van der Waals surface area contributed by atoms with E-state index in [0.29, 0.717) is 24.0 Å². The molecule has 1 aliphatic heterocycles. The molecule has 0 atom stereocenters. The number of nitrogens with zero attached hydrogens (tertiary/aromatic N) is 2. The van der Waals surface area contributed by atoms with Crippen molar-refractivity contribution < 1.29 is 9.53 Å². The number of rotatable bonds is 6. The summed E-state index contributed by atoms with van der Waals surface area (Å²) >= 11 is 0. The van der Waals surface area contributed by atoms with Crippen LogP contribution in [0.25, 0.3) is 0 Å². The number of hydrogen-bond acceptors (Lipinski definition) is 4. The molecule has 0 unspecified atom stereocenters. The maximum Gasteiger partial charge on any atom is 0.257 e. The van der Waals surface area contributed by atoms with Crippen LogP contribution in [0, 0.1) is 0 Å². The third-order valence-electron chi connectivity index (χ3n) is 4.90. The van der Waals surface area contributed by atoms with E-state index in [4.69, 9.17) is 4.74 Å². The normalized spacial score (nSPS) is 15.3. The quantitative estimate of drug-likeness (QED) is 0.583. The van der Waals surface area contributed by atoms with Crippen molar-refractivity contribution in [3.8, 4) is 0 Å². The Balaban J connectivity index is 1.67. The zero-order valence-corrected chi connectivity index (χ0v) is 17.2. The monoisotopic (exact) mass is 394 g/mol. The maximum atomic E-state index is 12.6. The Hall–Kier alpha value is -2.70. The van der Waals surface area contributed by atoms with Crippen molar-refractivity contribution in [1.82, 2.24) is 10.2 Å². The molecule has 154 valence electrons. The number of aliphatic imine (C=N–C) groups is 1. The van der Waals surface area contributed by atoms with Crippen LogP contribution in [0.2, 0.25) is 0 Å². The summed E-state index contributed by atoms with van der Waals surface area (Å²) in [6.45, 7) is 9.14. The van der Waals surface area contributed by atoms with Crippen molar-refractivity contribution >= 4 is 17.6 Å². The molecule has 0 aliphatic carbocycles. The summed E-state index contributed by atoms with van der Waals surface area (Å²) in [5.74, 6) is 0.759. The smallest absolute Gasteiger partial charge is 0.257 e. The number of nitrogens with one attached hydrogen (secondary N) is 2. The van der Waals surface area contributed by atoms with E-state index in [-0.39, 0.29) is 5.91 Å². The fourth-order valence-electron chi connectivity index (χ4n) is 3.10. The summed E-state index contributed by atoms with van der Waals surface area (Å²) < 4.78 is 5.39. The Labute approximate surface area is 173 Å². The summed E-state index contributed by atoms with van der Waals surface area (Å²) in [4.78, 5) is 19.5. The second-order valence-electron chi connectivity index (χ2n) is 7.41. The van der Waals surface area contributed by atoms with E-state index >= 15 is 0 Å². The van der Waals surface area contributed by atoms with Gasteiger partial charge in [-0.2, -0.15) is 0 Å². The summed E-state index contributed by atoms with van der Waals surface area (Å²) in [5, 5.41) is 6.17. The molecule has 6 heteroatoms. The molecule has 1 amide bonds. The first-order valence-electron chi connectivity index (χ1n) is 10.2. The molecule has 0 saturated carbocycles. The number of hydrogen-bond donors (Lipinski definition) is 2. The molecule has 0 aromatic heterocycles. The number of morpholine rings is 1. The molecule has 29 heavy (non-hydrogen) atoms. The van der Waals surface area contributed by atoms with E-state index in [1.165, 1.54) is 5.56 Å². The van der Waals surface area contributed by atoms with E-state index < -0.39 is 0 Å². The van der Waals surface area contributed by atoms with Crippen molar-refractivity contribution in [2.45, 2.75) is 19.8 Å². The molecule has 0 spiro atoms. The lowest BCUT2D eigenvalue weighted by Crippen LogP contribution is -2.39. The average molecular weight is 395 g/mol. The molecule has 1 heterocycles. The number of anilines is 1. The van der Waals surface area contributed by atoms with Gasteiger partial charge < -0.3 is 10.1 Å². The summed E-state index contributed by atoms with van der Waals surface area (Å²) in [6.07, 6.45) is 0. The van der Waals surface area contributed by atoms with Gasteiger partial charge in [0.2, 0.25) is 5.96 Å². The van der Waals surface area contributed by atoms with Gasteiger partial charge in [-0.3, -0.25) is 20.0 Å². The lowest BCUT2D eigenvalue weighted by molar-refractivity contribution is 0.0394. The van der Waals surface area contributed by atoms with Gasteiger partial charge >= 0.3 is 0 Å². The largest absolute Gasteiger partial charge is 0.379 e. The molecule has 1 aliphatic rings. The van der Waals surface area contributed by atoms with Crippen molar-refractivity contribution in [3.63, 3.8) is 0 Å². The van der Waals surface area contributed by atoms with Crippen LogP contribution in [0.5, 0.6) is 0 Å². The third-order valence-corrected chi connectivity index (χ3v) is 4.90. The number of ether oxygens (including phenoxy) is 1. The number of amides is 1. The molecular weight excluding hydrogens is 364 g/mol. The lowest BCUT2D eigenvalue weighted by Gasteiger charge is -2.25. The summed E-state index contributed by atoms with van der Waals surface area (Å²) in [7, 11) is 0. The van der Waals surface area contributed by atoms with E-state index in [9.17, 15) is 4.79 Å². The first-order valence-corrected chi connectivity index (χ1v) is 10.2. The number of carbonyl (C=O) groups excluding carboxylic acids is 1. The maximum absolute atomic E-state index is 12.6. The molecule has 0 radical (unpaired) electrons. The number of guanidine groups is 1. The highest BCUT2D eigenvalue weighted by Gasteiger charge is 2.11. The molecule has 6 nitrogen and oxygen atoms in total. The topological polar surface area (TPSA) is 66.0 Å². The zero-order valence-electron chi connectivity index (χ0n) is 17.2. The molecule has 2 N–H and O–H groups in total. The Bertz CT molecular complexity index is 797. The Morgan fingerprint density at radius 2 is 1.76 bits per heavy atom. The van der Waals surface area contributed by atoms with Crippen LogP contribution < -0.4 is 10.6 Å². The van der Waals surface area contributed by atoms with Crippen LogP contribution >= 0.6 is 0 Å². The van der Waals surface area contributed by atoms with E-state index in [1.807, 2.05) is 30.3 Å². The SMILES string of the molecule is CC(C)c1ccc(NC(=NCCN2CCOCC2)NC(=O)c2ccccc2)cc1. The zero-order chi connectivity index (χ0) is 20.5. The van der Waals surface area contributed by atoms with Gasteiger partial charge in [-0.1, -0.05) is 44.2 Å². The number of benzene rings is 2. The molecule has 2 aromatic rings. The second-order valence-corrected chi connectivity index (χ2v) is 7.41. The highest BCUT2D eigenvalue weighted by Crippen LogP contribution is 2.17. The predicted molar refractivity (Wildman–Crippen MR) is 118 cm³/mol. The van der Waals surface area contributed by atoms with E-state index in [0.717, 1.165) is 38.5 Å². The van der Waals surface area contributed by atoms with Crippen molar-refractivity contribution in [2.75, 3.05) is 44.7 Å². The first-order chi connectivity index (χ1) is 14.1. The highest BCUT2D eigenvalue weighted by atomic mass is 16.5. The highest BCUT2D eigenvalue weighted by molar-refractivity contribution is 6.09. The van der Waals surface area contributed by atoms with Crippen LogP contribution in [0.4, 0.5) is 5.69 Å². The van der Waals surface area contributed by atoms with E-state index in [1.54, 1.807) is 12.1 Å². The molecular formula is C23H30N4O2. The Morgan fingerprint density at radius 1 is 1.07 bits per heavy atom. The standard InChI is InChI=1S/C23H30N4O2/c1-18(2)19-8-10-21(11-9-19)25-23(24-12-13-27-14-16-29-17-15-27)26-22(28)20-6-4-3-5-7-20/h3-11,18H,12-17H2,1-2H3,(H2,24,25,26,28). The minimum Gasteiger partial charge on any atom is -0.379 e. The van der Waals surface area contributed by atoms with Crippen LogP contribution in [-0.2, 0) is 4.74 Å². The van der Waals surface area contributed by atoms with Crippen LogP contribution in [0.3, 0.4) is 0 Å². The van der Waals surface area contributed by atoms with Crippen LogP contribution in [0.15, 0.2) is 59.6 Å². The molecule has 0 bridgehead atoms. The predicted octanol–water partition coefficient (Wildman–Crippen LogP) is 3.34. The lowest BCUT2D eigenvalue weighted by atomic mass is 10.0. The third kappa shape index (κ3) is 6.69. The van der Waals surface area contributed by atoms with Gasteiger partial charge in [-0.15, -0.1) is 0 Å². The Morgan fingerprint density at radius 3 is 2.41 bits per heavy atom. The van der Waals surface area contributed by atoms with Crippen molar-refractivity contribution in [2.24, 2.45) is 4.99 Å². The van der Waals surface area contributed by atoms with Gasteiger partial charge in [0.1, 0.15) is 0 Å². The van der Waals surface area contributed by atoms with Gasteiger partial charge in [-0.05, 0) is 35.7 Å². The van der Waals surface area contributed by atoms with Crippen molar-refractivity contribution in [3.05, 3.63) is 65.7 Å². The molecule has 1 saturated heterocycles. The first kappa shape index (κ1) is 21.0. The molecule has 3 rings (SSSR count). The molecule has 2 aromatic carbocycles. The Kier molecular flexibility index (Phi) is 7.78. The summed E-state index contributed by atoms with van der Waals surface area (Å²) in [6, 6.07) is 17.4. The van der Waals surface area contributed by atoms with Gasteiger partial charge in [0.15, 0.2) is 0 Å². The fraction of sp³-hybridized carbons (Fsp3) is 0.391. The van der Waals surface area contributed by atoms with Gasteiger partial charge in [0, 0.05) is 30.9 Å². The van der Waals surface area contributed by atoms with E-state index in [2.05, 4.69) is 46.5 Å².